The van der Waals surface area contributed by atoms with Crippen molar-refractivity contribution in [3.63, 3.8) is 0 Å². The van der Waals surface area contributed by atoms with Crippen molar-refractivity contribution in [1.82, 2.24) is 9.88 Å². The van der Waals surface area contributed by atoms with Gasteiger partial charge in [-0.1, -0.05) is 0 Å². The van der Waals surface area contributed by atoms with Gasteiger partial charge in [0, 0.05) is 23.3 Å². The van der Waals surface area contributed by atoms with E-state index in [4.69, 9.17) is 0 Å². The van der Waals surface area contributed by atoms with E-state index in [1.54, 1.807) is 0 Å². The molecule has 0 aromatic carbocycles. The van der Waals surface area contributed by atoms with Crippen LogP contribution in [0.3, 0.4) is 0 Å². The third kappa shape index (κ3) is 1.06. The van der Waals surface area contributed by atoms with Gasteiger partial charge in [0.15, 0.2) is 0 Å². The van der Waals surface area contributed by atoms with Crippen molar-refractivity contribution in [1.29, 1.82) is 0 Å². The lowest BCUT2D eigenvalue weighted by atomic mass is 10.2. The van der Waals surface area contributed by atoms with Crippen molar-refractivity contribution in [3.05, 3.63) is 22.4 Å². The lowest BCUT2D eigenvalue weighted by Crippen LogP contribution is -2.37. The first-order chi connectivity index (χ1) is 5.68. The van der Waals surface area contributed by atoms with Crippen LogP contribution in [0.15, 0.2) is 16.7 Å². The van der Waals surface area contributed by atoms with Gasteiger partial charge < -0.3 is 9.88 Å². The molecule has 1 amide bonds. The SMILES string of the molecule is C[C@@H]1CNC(=O)c2cc(Br)cn21. The zero-order chi connectivity index (χ0) is 8.72. The van der Waals surface area contributed by atoms with E-state index in [1.165, 1.54) is 0 Å². The lowest BCUT2D eigenvalue weighted by Gasteiger charge is -2.22. The molecular weight excluding hydrogens is 220 g/mol. The average Bonchev–Trinajstić information content (AvgIpc) is 2.41. The van der Waals surface area contributed by atoms with Crippen molar-refractivity contribution in [2.45, 2.75) is 13.0 Å². The molecule has 0 saturated carbocycles. The van der Waals surface area contributed by atoms with Crippen LogP contribution in [0.1, 0.15) is 23.5 Å². The highest BCUT2D eigenvalue weighted by molar-refractivity contribution is 9.10. The minimum absolute atomic E-state index is 0.0128. The number of nitrogens with zero attached hydrogens (tertiary/aromatic N) is 1. The zero-order valence-corrected chi connectivity index (χ0v) is 8.26. The summed E-state index contributed by atoms with van der Waals surface area (Å²) in [5.74, 6) is 0.0128. The summed E-state index contributed by atoms with van der Waals surface area (Å²) in [6, 6.07) is 2.19. The fourth-order valence-corrected chi connectivity index (χ4v) is 1.86. The van der Waals surface area contributed by atoms with Crippen LogP contribution >= 0.6 is 15.9 Å². The number of rotatable bonds is 0. The lowest BCUT2D eigenvalue weighted by molar-refractivity contribution is 0.0918. The Labute approximate surface area is 78.9 Å². The topological polar surface area (TPSA) is 34.0 Å². The molecule has 2 rings (SSSR count). The van der Waals surface area contributed by atoms with Crippen LogP contribution in [0, 0.1) is 0 Å². The Kier molecular flexibility index (Phi) is 1.72. The predicted octanol–water partition coefficient (Wildman–Crippen LogP) is 1.56. The van der Waals surface area contributed by atoms with Gasteiger partial charge in [0.2, 0.25) is 0 Å². The van der Waals surface area contributed by atoms with Crippen LogP contribution in [0.2, 0.25) is 0 Å². The molecule has 1 aromatic rings. The minimum atomic E-state index is 0.0128. The fraction of sp³-hybridized carbons (Fsp3) is 0.375. The number of amides is 1. The van der Waals surface area contributed by atoms with Gasteiger partial charge in [0.25, 0.3) is 5.91 Å². The molecule has 1 atom stereocenters. The first-order valence-electron chi connectivity index (χ1n) is 3.84. The minimum Gasteiger partial charge on any atom is -0.349 e. The molecule has 1 aliphatic heterocycles. The first kappa shape index (κ1) is 7.86. The van der Waals surface area contributed by atoms with Crippen molar-refractivity contribution in [2.24, 2.45) is 0 Å². The number of nitrogens with one attached hydrogen (secondary N) is 1. The van der Waals surface area contributed by atoms with Gasteiger partial charge in [-0.05, 0) is 28.9 Å². The Hall–Kier alpha value is -0.770. The van der Waals surface area contributed by atoms with E-state index in [-0.39, 0.29) is 5.91 Å². The van der Waals surface area contributed by atoms with E-state index in [0.29, 0.717) is 12.6 Å². The maximum Gasteiger partial charge on any atom is 0.268 e. The summed E-state index contributed by atoms with van der Waals surface area (Å²) in [4.78, 5) is 11.3. The number of aromatic nitrogens is 1. The second-order valence-corrected chi connectivity index (χ2v) is 3.93. The Morgan fingerprint density at radius 3 is 3.17 bits per heavy atom. The molecule has 64 valence electrons. The second-order valence-electron chi connectivity index (χ2n) is 3.01. The van der Waals surface area contributed by atoms with Crippen LogP contribution in [0.5, 0.6) is 0 Å². The largest absolute Gasteiger partial charge is 0.349 e. The number of hydrogen-bond acceptors (Lipinski definition) is 1. The van der Waals surface area contributed by atoms with Crippen LogP contribution in [0.4, 0.5) is 0 Å². The normalized spacial score (nSPS) is 21.8. The van der Waals surface area contributed by atoms with Crippen molar-refractivity contribution in [2.75, 3.05) is 6.54 Å². The van der Waals surface area contributed by atoms with E-state index in [0.717, 1.165) is 10.2 Å². The van der Waals surface area contributed by atoms with Crippen LogP contribution < -0.4 is 5.32 Å². The highest BCUT2D eigenvalue weighted by Gasteiger charge is 2.21. The zero-order valence-electron chi connectivity index (χ0n) is 6.67. The molecule has 1 aromatic heterocycles. The molecule has 1 N–H and O–H groups in total. The fourth-order valence-electron chi connectivity index (χ4n) is 1.42. The number of carbonyl (C=O) groups excluding carboxylic acids is 1. The van der Waals surface area contributed by atoms with E-state index in [2.05, 4.69) is 28.2 Å². The number of hydrogen-bond donors (Lipinski definition) is 1. The maximum atomic E-state index is 11.3. The van der Waals surface area contributed by atoms with Gasteiger partial charge in [-0.25, -0.2) is 0 Å². The smallest absolute Gasteiger partial charge is 0.268 e. The van der Waals surface area contributed by atoms with E-state index < -0.39 is 0 Å². The average molecular weight is 229 g/mol. The Bertz CT molecular complexity index is 332. The third-order valence-electron chi connectivity index (χ3n) is 2.08. The molecule has 4 heteroatoms. The van der Waals surface area contributed by atoms with Gasteiger partial charge in [-0.3, -0.25) is 4.79 Å². The van der Waals surface area contributed by atoms with Crippen molar-refractivity contribution < 1.29 is 4.79 Å². The highest BCUT2D eigenvalue weighted by atomic mass is 79.9. The molecule has 0 bridgehead atoms. The Balaban J connectivity index is 2.54. The van der Waals surface area contributed by atoms with E-state index in [9.17, 15) is 4.79 Å². The molecule has 3 nitrogen and oxygen atoms in total. The Morgan fingerprint density at radius 2 is 2.50 bits per heavy atom. The second kappa shape index (κ2) is 2.62. The number of carbonyl (C=O) groups is 1. The summed E-state index contributed by atoms with van der Waals surface area (Å²) >= 11 is 3.35. The molecule has 12 heavy (non-hydrogen) atoms. The maximum absolute atomic E-state index is 11.3. The van der Waals surface area contributed by atoms with Crippen LogP contribution in [-0.4, -0.2) is 17.0 Å². The first-order valence-corrected chi connectivity index (χ1v) is 4.63. The molecular formula is C8H9BrN2O. The van der Waals surface area contributed by atoms with E-state index in [1.807, 2.05) is 16.8 Å². The monoisotopic (exact) mass is 228 g/mol. The summed E-state index contributed by atoms with van der Waals surface area (Å²) in [5.41, 5.74) is 0.737. The Morgan fingerprint density at radius 1 is 1.75 bits per heavy atom. The number of halogens is 1. The van der Waals surface area contributed by atoms with Gasteiger partial charge in [0.1, 0.15) is 5.69 Å². The third-order valence-corrected chi connectivity index (χ3v) is 2.51. The summed E-state index contributed by atoms with van der Waals surface area (Å²) in [7, 11) is 0. The summed E-state index contributed by atoms with van der Waals surface area (Å²) in [5, 5.41) is 2.82. The molecule has 0 radical (unpaired) electrons. The summed E-state index contributed by atoms with van der Waals surface area (Å²) in [6.45, 7) is 2.79. The summed E-state index contributed by atoms with van der Waals surface area (Å²) < 4.78 is 2.95. The van der Waals surface area contributed by atoms with Crippen LogP contribution in [0.25, 0.3) is 0 Å². The van der Waals surface area contributed by atoms with Crippen molar-refractivity contribution in [3.8, 4) is 0 Å². The summed E-state index contributed by atoms with van der Waals surface area (Å²) in [6.07, 6.45) is 1.94. The highest BCUT2D eigenvalue weighted by Crippen LogP contribution is 2.21. The molecule has 0 saturated heterocycles. The van der Waals surface area contributed by atoms with Crippen molar-refractivity contribution >= 4 is 21.8 Å². The predicted molar refractivity (Wildman–Crippen MR) is 49.2 cm³/mol. The van der Waals surface area contributed by atoms with Gasteiger partial charge >= 0.3 is 0 Å². The van der Waals surface area contributed by atoms with E-state index >= 15 is 0 Å². The molecule has 0 spiro atoms. The number of fused-ring (bicyclic) bond motifs is 1. The quantitative estimate of drug-likeness (QED) is 0.719. The molecule has 2 heterocycles. The van der Waals surface area contributed by atoms with Crippen LogP contribution in [-0.2, 0) is 0 Å². The van der Waals surface area contributed by atoms with Gasteiger partial charge in [0.05, 0.1) is 0 Å². The van der Waals surface area contributed by atoms with Gasteiger partial charge in [-0.15, -0.1) is 0 Å². The molecule has 1 aliphatic rings. The molecule has 0 unspecified atom stereocenters. The molecule has 0 fully saturated rings. The van der Waals surface area contributed by atoms with Gasteiger partial charge in [-0.2, -0.15) is 0 Å². The standard InChI is InChI=1S/C8H9BrN2O/c1-5-3-10-8(12)7-2-6(9)4-11(5)7/h2,4-5H,3H2,1H3,(H,10,12)/t5-/m1/s1. The molecule has 0 aliphatic carbocycles.